The Morgan fingerprint density at radius 2 is 1.92 bits per heavy atom. The van der Waals surface area contributed by atoms with Gasteiger partial charge in [0.2, 0.25) is 0 Å². The van der Waals surface area contributed by atoms with E-state index < -0.39 is 11.7 Å². The van der Waals surface area contributed by atoms with E-state index in [0.29, 0.717) is 0 Å². The summed E-state index contributed by atoms with van der Waals surface area (Å²) in [4.78, 5) is 4.18. The highest BCUT2D eigenvalue weighted by Gasteiger charge is 2.33. The fourth-order valence-corrected chi connectivity index (χ4v) is 1.27. The van der Waals surface area contributed by atoms with E-state index in [1.54, 1.807) is 0 Å². The first-order valence-corrected chi connectivity index (χ1v) is 3.98. The third-order valence-electron chi connectivity index (χ3n) is 1.38. The molecule has 1 aromatic rings. The fraction of sp³-hybridized carbons (Fsp3) is 0.143. The maximum Gasteiger partial charge on any atom is 0.417 e. The van der Waals surface area contributed by atoms with E-state index in [2.05, 4.69) is 20.8 Å². The van der Waals surface area contributed by atoms with Crippen molar-refractivity contribution in [2.24, 2.45) is 5.90 Å². The number of halogens is 4. The van der Waals surface area contributed by atoms with Gasteiger partial charge in [0.15, 0.2) is 0 Å². The second-order valence-corrected chi connectivity index (χ2v) is 3.11. The molecule has 1 aromatic carbocycles. The Morgan fingerprint density at radius 1 is 1.31 bits per heavy atom. The van der Waals surface area contributed by atoms with Crippen LogP contribution in [0.15, 0.2) is 22.7 Å². The zero-order valence-electron chi connectivity index (χ0n) is 6.23. The van der Waals surface area contributed by atoms with Gasteiger partial charge in [0.1, 0.15) is 5.75 Å². The van der Waals surface area contributed by atoms with Gasteiger partial charge in [-0.25, -0.2) is 0 Å². The van der Waals surface area contributed by atoms with Crippen LogP contribution in [-0.2, 0) is 6.18 Å². The second kappa shape index (κ2) is 3.55. The highest BCUT2D eigenvalue weighted by Crippen LogP contribution is 2.36. The zero-order valence-corrected chi connectivity index (χ0v) is 7.82. The van der Waals surface area contributed by atoms with Crippen LogP contribution in [0.2, 0.25) is 0 Å². The minimum Gasteiger partial charge on any atom is -0.412 e. The minimum atomic E-state index is -4.41. The van der Waals surface area contributed by atoms with Gasteiger partial charge in [-0.05, 0) is 18.2 Å². The van der Waals surface area contributed by atoms with Gasteiger partial charge in [-0.3, -0.25) is 0 Å². The molecule has 0 aliphatic rings. The molecule has 0 unspecified atom stereocenters. The molecule has 0 fully saturated rings. The normalized spacial score (nSPS) is 11.5. The number of hydrogen-bond acceptors (Lipinski definition) is 2. The molecule has 72 valence electrons. The van der Waals surface area contributed by atoms with Crippen LogP contribution >= 0.6 is 15.9 Å². The summed E-state index contributed by atoms with van der Waals surface area (Å²) >= 11 is 2.78. The summed E-state index contributed by atoms with van der Waals surface area (Å²) in [6, 6.07) is 3.38. The highest BCUT2D eigenvalue weighted by molar-refractivity contribution is 9.10. The van der Waals surface area contributed by atoms with Crippen LogP contribution < -0.4 is 10.7 Å². The standard InChI is InChI=1S/C7H5BrF3NO/c8-6-2-1-4(13-12)3-5(6)7(9,10)11/h1-3H,12H2. The van der Waals surface area contributed by atoms with Gasteiger partial charge in [-0.15, -0.1) is 0 Å². The van der Waals surface area contributed by atoms with Crippen LogP contribution in [-0.4, -0.2) is 0 Å². The Hall–Kier alpha value is -0.750. The van der Waals surface area contributed by atoms with Crippen LogP contribution in [0.25, 0.3) is 0 Å². The molecule has 0 saturated carbocycles. The van der Waals surface area contributed by atoms with Crippen molar-refractivity contribution in [1.82, 2.24) is 0 Å². The third kappa shape index (κ3) is 2.35. The molecule has 0 spiro atoms. The van der Waals surface area contributed by atoms with E-state index in [4.69, 9.17) is 5.90 Å². The molecule has 2 N–H and O–H groups in total. The summed E-state index contributed by atoms with van der Waals surface area (Å²) < 4.78 is 36.7. The van der Waals surface area contributed by atoms with E-state index in [9.17, 15) is 13.2 Å². The fourth-order valence-electron chi connectivity index (χ4n) is 0.795. The zero-order chi connectivity index (χ0) is 10.1. The van der Waals surface area contributed by atoms with E-state index >= 15 is 0 Å². The predicted octanol–water partition coefficient (Wildman–Crippen LogP) is 2.72. The lowest BCUT2D eigenvalue weighted by Crippen LogP contribution is -2.08. The highest BCUT2D eigenvalue weighted by atomic mass is 79.9. The molecule has 1 rings (SSSR count). The monoisotopic (exact) mass is 255 g/mol. The molecule has 2 nitrogen and oxygen atoms in total. The first kappa shape index (κ1) is 10.3. The van der Waals surface area contributed by atoms with E-state index in [1.807, 2.05) is 0 Å². The smallest absolute Gasteiger partial charge is 0.412 e. The quantitative estimate of drug-likeness (QED) is 0.784. The maximum absolute atomic E-state index is 12.2. The lowest BCUT2D eigenvalue weighted by Gasteiger charge is -2.09. The first-order chi connectivity index (χ1) is 5.95. The molecule has 0 saturated heterocycles. The number of benzene rings is 1. The predicted molar refractivity (Wildman–Crippen MR) is 44.0 cm³/mol. The van der Waals surface area contributed by atoms with Gasteiger partial charge in [-0.2, -0.15) is 19.1 Å². The van der Waals surface area contributed by atoms with Crippen molar-refractivity contribution in [2.75, 3.05) is 0 Å². The molecule has 6 heteroatoms. The number of alkyl halides is 3. The Balaban J connectivity index is 3.19. The molecule has 0 heterocycles. The van der Waals surface area contributed by atoms with Gasteiger partial charge >= 0.3 is 6.18 Å². The van der Waals surface area contributed by atoms with Crippen molar-refractivity contribution in [3.63, 3.8) is 0 Å². The summed E-state index contributed by atoms with van der Waals surface area (Å²) in [5.74, 6) is 4.70. The topological polar surface area (TPSA) is 35.2 Å². The maximum atomic E-state index is 12.2. The third-order valence-corrected chi connectivity index (χ3v) is 2.07. The van der Waals surface area contributed by atoms with Gasteiger partial charge in [-0.1, -0.05) is 15.9 Å². The summed E-state index contributed by atoms with van der Waals surface area (Å²) in [5.41, 5.74) is -0.810. The summed E-state index contributed by atoms with van der Waals surface area (Å²) in [5, 5.41) is 0. The van der Waals surface area contributed by atoms with Gasteiger partial charge in [0, 0.05) is 4.47 Å². The van der Waals surface area contributed by atoms with Crippen molar-refractivity contribution >= 4 is 15.9 Å². The van der Waals surface area contributed by atoms with Crippen molar-refractivity contribution < 1.29 is 18.0 Å². The van der Waals surface area contributed by atoms with Crippen molar-refractivity contribution in [1.29, 1.82) is 0 Å². The van der Waals surface area contributed by atoms with Gasteiger partial charge < -0.3 is 4.84 Å². The Kier molecular flexibility index (Phi) is 2.82. The SMILES string of the molecule is NOc1ccc(Br)c(C(F)(F)F)c1. The van der Waals surface area contributed by atoms with E-state index in [-0.39, 0.29) is 10.2 Å². The molecule has 0 aliphatic carbocycles. The molecule has 13 heavy (non-hydrogen) atoms. The summed E-state index contributed by atoms with van der Waals surface area (Å²) in [6.07, 6.45) is -4.41. The first-order valence-electron chi connectivity index (χ1n) is 3.18. The largest absolute Gasteiger partial charge is 0.417 e. The minimum absolute atomic E-state index is 0.0319. The lowest BCUT2D eigenvalue weighted by atomic mass is 10.2. The second-order valence-electron chi connectivity index (χ2n) is 2.26. The van der Waals surface area contributed by atoms with Gasteiger partial charge in [0.25, 0.3) is 0 Å². The molecule has 0 bridgehead atoms. The summed E-state index contributed by atoms with van der Waals surface area (Å²) in [6.45, 7) is 0. The molecular formula is C7H5BrF3NO. The van der Waals surface area contributed by atoms with E-state index in [0.717, 1.165) is 6.07 Å². The molecule has 0 amide bonds. The van der Waals surface area contributed by atoms with Crippen molar-refractivity contribution in [2.45, 2.75) is 6.18 Å². The van der Waals surface area contributed by atoms with Crippen molar-refractivity contribution in [3.8, 4) is 5.75 Å². The number of hydrogen-bond donors (Lipinski definition) is 1. The van der Waals surface area contributed by atoms with Gasteiger partial charge in [0.05, 0.1) is 5.56 Å². The van der Waals surface area contributed by atoms with Crippen LogP contribution in [0, 0.1) is 0 Å². The van der Waals surface area contributed by atoms with Crippen LogP contribution in [0.4, 0.5) is 13.2 Å². The molecule has 0 aromatic heterocycles. The average Bonchev–Trinajstić information content (AvgIpc) is 2.03. The Morgan fingerprint density at radius 3 is 2.38 bits per heavy atom. The lowest BCUT2D eigenvalue weighted by molar-refractivity contribution is -0.138. The average molecular weight is 256 g/mol. The number of rotatable bonds is 1. The van der Waals surface area contributed by atoms with E-state index in [1.165, 1.54) is 12.1 Å². The molecule has 0 radical (unpaired) electrons. The molecular weight excluding hydrogens is 251 g/mol. The van der Waals surface area contributed by atoms with Crippen LogP contribution in [0.5, 0.6) is 5.75 Å². The molecule has 0 atom stereocenters. The summed E-state index contributed by atoms with van der Waals surface area (Å²) in [7, 11) is 0. The van der Waals surface area contributed by atoms with Crippen molar-refractivity contribution in [3.05, 3.63) is 28.2 Å². The Bertz CT molecular complexity index is 313. The van der Waals surface area contributed by atoms with Crippen LogP contribution in [0.3, 0.4) is 0 Å². The molecule has 0 aliphatic heterocycles. The van der Waals surface area contributed by atoms with Crippen LogP contribution in [0.1, 0.15) is 5.56 Å². The Labute approximate surface area is 80.6 Å². The number of nitrogens with two attached hydrogens (primary N) is 1.